The van der Waals surface area contributed by atoms with Crippen molar-refractivity contribution >= 4 is 21.6 Å². The summed E-state index contributed by atoms with van der Waals surface area (Å²) in [5.41, 5.74) is 6.44. The standard InChI is InChI=1S/C9H8BrN3O/c10-7-1-2-8-12-4-6(3-11)9(14)13(8)5-7/h1-2,4-5H,3,11H2. The molecule has 0 aromatic carbocycles. The van der Waals surface area contributed by atoms with Crippen molar-refractivity contribution in [2.45, 2.75) is 6.54 Å². The molecular formula is C9H8BrN3O. The highest BCUT2D eigenvalue weighted by Crippen LogP contribution is 2.08. The summed E-state index contributed by atoms with van der Waals surface area (Å²) in [6.45, 7) is 0.210. The van der Waals surface area contributed by atoms with Crippen molar-refractivity contribution in [3.05, 3.63) is 44.9 Å². The van der Waals surface area contributed by atoms with Crippen LogP contribution in [0.3, 0.4) is 0 Å². The number of aromatic nitrogens is 2. The number of halogens is 1. The third-order valence-corrected chi connectivity index (χ3v) is 2.43. The molecule has 0 aliphatic heterocycles. The molecule has 0 bridgehead atoms. The molecule has 0 amide bonds. The minimum Gasteiger partial charge on any atom is -0.326 e. The summed E-state index contributed by atoms with van der Waals surface area (Å²) in [4.78, 5) is 15.8. The summed E-state index contributed by atoms with van der Waals surface area (Å²) in [5.74, 6) is 0. The summed E-state index contributed by atoms with van der Waals surface area (Å²) < 4.78 is 2.31. The molecule has 0 saturated heterocycles. The van der Waals surface area contributed by atoms with Gasteiger partial charge in [0.2, 0.25) is 0 Å². The molecule has 2 heterocycles. The molecule has 2 rings (SSSR count). The van der Waals surface area contributed by atoms with Gasteiger partial charge >= 0.3 is 0 Å². The van der Waals surface area contributed by atoms with E-state index < -0.39 is 0 Å². The highest BCUT2D eigenvalue weighted by molar-refractivity contribution is 9.10. The van der Waals surface area contributed by atoms with Gasteiger partial charge in [0.15, 0.2) is 0 Å². The van der Waals surface area contributed by atoms with Gasteiger partial charge in [-0.1, -0.05) is 0 Å². The van der Waals surface area contributed by atoms with Crippen LogP contribution in [0, 0.1) is 0 Å². The predicted molar refractivity (Wildman–Crippen MR) is 57.1 cm³/mol. The van der Waals surface area contributed by atoms with Gasteiger partial charge in [-0.15, -0.1) is 0 Å². The average molecular weight is 254 g/mol. The third kappa shape index (κ3) is 1.44. The van der Waals surface area contributed by atoms with E-state index in [1.54, 1.807) is 12.3 Å². The molecule has 0 spiro atoms. The van der Waals surface area contributed by atoms with Crippen molar-refractivity contribution in [3.63, 3.8) is 0 Å². The van der Waals surface area contributed by atoms with Crippen LogP contribution in [0.1, 0.15) is 5.56 Å². The molecule has 2 N–H and O–H groups in total. The van der Waals surface area contributed by atoms with Crippen molar-refractivity contribution in [1.29, 1.82) is 0 Å². The predicted octanol–water partition coefficient (Wildman–Crippen LogP) is 0.916. The third-order valence-electron chi connectivity index (χ3n) is 1.96. The fourth-order valence-electron chi connectivity index (χ4n) is 1.23. The minimum atomic E-state index is -0.112. The molecule has 0 unspecified atom stereocenters. The Kier molecular flexibility index (Phi) is 2.35. The number of fused-ring (bicyclic) bond motifs is 1. The zero-order valence-corrected chi connectivity index (χ0v) is 8.86. The summed E-state index contributed by atoms with van der Waals surface area (Å²) in [7, 11) is 0. The molecule has 0 saturated carbocycles. The number of hydrogen-bond donors (Lipinski definition) is 1. The fourth-order valence-corrected chi connectivity index (χ4v) is 1.57. The Morgan fingerprint density at radius 1 is 1.50 bits per heavy atom. The van der Waals surface area contributed by atoms with Gasteiger partial charge in [0.25, 0.3) is 5.56 Å². The van der Waals surface area contributed by atoms with Gasteiger partial charge in [-0.2, -0.15) is 0 Å². The van der Waals surface area contributed by atoms with Crippen LogP contribution in [-0.4, -0.2) is 9.38 Å². The van der Waals surface area contributed by atoms with Crippen LogP contribution in [0.5, 0.6) is 0 Å². The molecule has 4 nitrogen and oxygen atoms in total. The number of nitrogens with zero attached hydrogens (tertiary/aromatic N) is 2. The van der Waals surface area contributed by atoms with Gasteiger partial charge in [0, 0.05) is 29.0 Å². The van der Waals surface area contributed by atoms with E-state index in [1.807, 2.05) is 6.07 Å². The van der Waals surface area contributed by atoms with Crippen molar-refractivity contribution in [1.82, 2.24) is 9.38 Å². The maximum absolute atomic E-state index is 11.7. The zero-order chi connectivity index (χ0) is 10.1. The first kappa shape index (κ1) is 9.36. The summed E-state index contributed by atoms with van der Waals surface area (Å²) >= 11 is 3.29. The van der Waals surface area contributed by atoms with Crippen LogP contribution in [0.25, 0.3) is 5.65 Å². The zero-order valence-electron chi connectivity index (χ0n) is 7.27. The second-order valence-corrected chi connectivity index (χ2v) is 3.78. The number of hydrogen-bond acceptors (Lipinski definition) is 3. The monoisotopic (exact) mass is 253 g/mol. The van der Waals surface area contributed by atoms with Gasteiger partial charge < -0.3 is 5.73 Å². The normalized spacial score (nSPS) is 10.7. The molecule has 0 fully saturated rings. The highest BCUT2D eigenvalue weighted by atomic mass is 79.9. The van der Waals surface area contributed by atoms with Crippen molar-refractivity contribution in [2.24, 2.45) is 5.73 Å². The van der Waals surface area contributed by atoms with Gasteiger partial charge in [-0.05, 0) is 28.1 Å². The van der Waals surface area contributed by atoms with Crippen LogP contribution in [-0.2, 0) is 6.54 Å². The Hall–Kier alpha value is -1.20. The van der Waals surface area contributed by atoms with Crippen LogP contribution < -0.4 is 11.3 Å². The summed E-state index contributed by atoms with van der Waals surface area (Å²) in [5, 5.41) is 0. The van der Waals surface area contributed by atoms with E-state index in [1.165, 1.54) is 10.6 Å². The molecule has 14 heavy (non-hydrogen) atoms. The first-order chi connectivity index (χ1) is 6.72. The largest absolute Gasteiger partial charge is 0.326 e. The summed E-state index contributed by atoms with van der Waals surface area (Å²) in [6, 6.07) is 3.61. The van der Waals surface area contributed by atoms with E-state index in [4.69, 9.17) is 5.73 Å². The van der Waals surface area contributed by atoms with Crippen molar-refractivity contribution in [3.8, 4) is 0 Å². The van der Waals surface area contributed by atoms with Gasteiger partial charge in [0.05, 0.1) is 0 Å². The lowest BCUT2D eigenvalue weighted by molar-refractivity contribution is 0.944. The van der Waals surface area contributed by atoms with E-state index in [9.17, 15) is 4.79 Å². The van der Waals surface area contributed by atoms with Crippen LogP contribution in [0.15, 0.2) is 33.8 Å². The maximum Gasteiger partial charge on any atom is 0.262 e. The van der Waals surface area contributed by atoms with Gasteiger partial charge in [-0.3, -0.25) is 9.20 Å². The lowest BCUT2D eigenvalue weighted by Gasteiger charge is -2.02. The Balaban J connectivity index is 2.87. The lowest BCUT2D eigenvalue weighted by atomic mass is 10.3. The molecule has 0 aliphatic rings. The topological polar surface area (TPSA) is 60.4 Å². The maximum atomic E-state index is 11.7. The lowest BCUT2D eigenvalue weighted by Crippen LogP contribution is -2.21. The first-order valence-electron chi connectivity index (χ1n) is 4.08. The Bertz CT molecular complexity index is 535. The van der Waals surface area contributed by atoms with Crippen molar-refractivity contribution in [2.75, 3.05) is 0 Å². The quantitative estimate of drug-likeness (QED) is 0.823. The van der Waals surface area contributed by atoms with E-state index in [0.29, 0.717) is 11.2 Å². The van der Waals surface area contributed by atoms with E-state index in [2.05, 4.69) is 20.9 Å². The minimum absolute atomic E-state index is 0.112. The first-order valence-corrected chi connectivity index (χ1v) is 4.87. The SMILES string of the molecule is NCc1cnc2ccc(Br)cn2c1=O. The summed E-state index contributed by atoms with van der Waals surface area (Å²) in [6.07, 6.45) is 3.20. The molecule has 0 atom stereocenters. The molecule has 2 aromatic heterocycles. The molecule has 0 radical (unpaired) electrons. The van der Waals surface area contributed by atoms with Crippen LogP contribution in [0.4, 0.5) is 0 Å². The van der Waals surface area contributed by atoms with Crippen LogP contribution in [0.2, 0.25) is 0 Å². The second-order valence-electron chi connectivity index (χ2n) is 2.87. The Labute approximate surface area is 88.5 Å². The Morgan fingerprint density at radius 3 is 3.00 bits per heavy atom. The molecule has 72 valence electrons. The van der Waals surface area contributed by atoms with E-state index >= 15 is 0 Å². The molecule has 2 aromatic rings. The van der Waals surface area contributed by atoms with Gasteiger partial charge in [0.1, 0.15) is 5.65 Å². The fraction of sp³-hybridized carbons (Fsp3) is 0.111. The van der Waals surface area contributed by atoms with Crippen LogP contribution >= 0.6 is 15.9 Å². The number of nitrogens with two attached hydrogens (primary N) is 1. The Morgan fingerprint density at radius 2 is 2.29 bits per heavy atom. The van der Waals surface area contributed by atoms with E-state index in [0.717, 1.165) is 4.47 Å². The molecular weight excluding hydrogens is 246 g/mol. The van der Waals surface area contributed by atoms with Gasteiger partial charge in [-0.25, -0.2) is 4.98 Å². The molecule has 5 heteroatoms. The number of pyridine rings is 1. The number of rotatable bonds is 1. The smallest absolute Gasteiger partial charge is 0.262 e. The molecule has 0 aliphatic carbocycles. The van der Waals surface area contributed by atoms with Crippen molar-refractivity contribution < 1.29 is 0 Å². The van der Waals surface area contributed by atoms with E-state index in [-0.39, 0.29) is 12.1 Å². The highest BCUT2D eigenvalue weighted by Gasteiger charge is 2.02. The second kappa shape index (κ2) is 3.51. The average Bonchev–Trinajstić information content (AvgIpc) is 2.20.